The highest BCUT2D eigenvalue weighted by molar-refractivity contribution is 5.59. The second-order valence-electron chi connectivity index (χ2n) is 4.35. The Hall–Kier alpha value is -1.96. The van der Waals surface area contributed by atoms with E-state index < -0.39 is 0 Å². The van der Waals surface area contributed by atoms with Crippen molar-refractivity contribution in [1.82, 2.24) is 0 Å². The minimum Gasteiger partial charge on any atom is -0.398 e. The number of aryl methyl sites for hydroxylation is 1. The molecule has 2 heteroatoms. The number of hydrogen-bond acceptors (Lipinski definition) is 2. The lowest BCUT2D eigenvalue weighted by Gasteiger charge is -2.16. The normalized spacial score (nSPS) is 12.1. The molecule has 0 aliphatic heterocycles. The third-order valence-corrected chi connectivity index (χ3v) is 2.96. The molecule has 1 unspecified atom stereocenters. The van der Waals surface area contributed by atoms with Crippen molar-refractivity contribution >= 4 is 11.4 Å². The van der Waals surface area contributed by atoms with E-state index in [0.717, 1.165) is 16.9 Å². The van der Waals surface area contributed by atoms with E-state index in [1.807, 2.05) is 25.1 Å². The molecule has 0 bridgehead atoms. The number of benzene rings is 2. The van der Waals surface area contributed by atoms with Crippen molar-refractivity contribution in [1.29, 1.82) is 0 Å². The van der Waals surface area contributed by atoms with Gasteiger partial charge in [-0.3, -0.25) is 0 Å². The molecule has 3 N–H and O–H groups in total. The molecule has 0 heterocycles. The Balaban J connectivity index is 2.13. The van der Waals surface area contributed by atoms with Gasteiger partial charge >= 0.3 is 0 Å². The van der Waals surface area contributed by atoms with Crippen LogP contribution in [0, 0.1) is 6.92 Å². The predicted molar refractivity (Wildman–Crippen MR) is 74.1 cm³/mol. The molecule has 88 valence electrons. The highest BCUT2D eigenvalue weighted by Gasteiger charge is 2.04. The average Bonchev–Trinajstić information content (AvgIpc) is 2.35. The smallest absolute Gasteiger partial charge is 0.0485 e. The van der Waals surface area contributed by atoms with Gasteiger partial charge in [0.2, 0.25) is 0 Å². The van der Waals surface area contributed by atoms with Crippen molar-refractivity contribution in [3.8, 4) is 0 Å². The van der Waals surface area contributed by atoms with Gasteiger partial charge in [0.05, 0.1) is 0 Å². The molecule has 1 atom stereocenters. The fourth-order valence-electron chi connectivity index (χ4n) is 1.81. The quantitative estimate of drug-likeness (QED) is 0.782. The van der Waals surface area contributed by atoms with Crippen LogP contribution in [0.1, 0.15) is 24.1 Å². The summed E-state index contributed by atoms with van der Waals surface area (Å²) in [4.78, 5) is 0. The first-order valence-electron chi connectivity index (χ1n) is 5.84. The molecular formula is C15H18N2. The summed E-state index contributed by atoms with van der Waals surface area (Å²) in [6.45, 7) is 4.16. The Morgan fingerprint density at radius 1 is 1.06 bits per heavy atom. The van der Waals surface area contributed by atoms with Crippen molar-refractivity contribution in [2.24, 2.45) is 0 Å². The van der Waals surface area contributed by atoms with Crippen LogP contribution in [0.5, 0.6) is 0 Å². The topological polar surface area (TPSA) is 38.0 Å². The van der Waals surface area contributed by atoms with Crippen molar-refractivity contribution in [2.45, 2.75) is 19.9 Å². The summed E-state index contributed by atoms with van der Waals surface area (Å²) < 4.78 is 0. The maximum atomic E-state index is 5.90. The summed E-state index contributed by atoms with van der Waals surface area (Å²) >= 11 is 0. The molecule has 0 amide bonds. The minimum absolute atomic E-state index is 0.276. The summed E-state index contributed by atoms with van der Waals surface area (Å²) in [5, 5.41) is 3.45. The Morgan fingerprint density at radius 3 is 2.41 bits per heavy atom. The molecule has 0 saturated carbocycles. The number of nitrogens with one attached hydrogen (secondary N) is 1. The van der Waals surface area contributed by atoms with Gasteiger partial charge in [0, 0.05) is 17.4 Å². The molecule has 0 fully saturated rings. The predicted octanol–water partition coefficient (Wildman–Crippen LogP) is 3.75. The van der Waals surface area contributed by atoms with Crippen molar-refractivity contribution < 1.29 is 0 Å². The van der Waals surface area contributed by atoms with Gasteiger partial charge < -0.3 is 11.1 Å². The third-order valence-electron chi connectivity index (χ3n) is 2.96. The zero-order valence-electron chi connectivity index (χ0n) is 10.3. The van der Waals surface area contributed by atoms with Crippen LogP contribution >= 0.6 is 0 Å². The summed E-state index contributed by atoms with van der Waals surface area (Å²) in [5.74, 6) is 0. The van der Waals surface area contributed by atoms with Crippen LogP contribution in [0.25, 0.3) is 0 Å². The molecular weight excluding hydrogens is 208 g/mol. The molecule has 0 aliphatic carbocycles. The third kappa shape index (κ3) is 2.78. The first-order valence-corrected chi connectivity index (χ1v) is 5.84. The summed E-state index contributed by atoms with van der Waals surface area (Å²) in [7, 11) is 0. The van der Waals surface area contributed by atoms with E-state index in [2.05, 4.69) is 42.6 Å². The van der Waals surface area contributed by atoms with Crippen LogP contribution in [0.4, 0.5) is 11.4 Å². The lowest BCUT2D eigenvalue weighted by atomic mass is 10.1. The van der Waals surface area contributed by atoms with Gasteiger partial charge in [0.25, 0.3) is 0 Å². The van der Waals surface area contributed by atoms with Crippen LogP contribution < -0.4 is 11.1 Å². The second kappa shape index (κ2) is 4.91. The minimum atomic E-state index is 0.276. The molecule has 2 nitrogen and oxygen atoms in total. The molecule has 2 aromatic rings. The first-order chi connectivity index (χ1) is 8.16. The highest BCUT2D eigenvalue weighted by Crippen LogP contribution is 2.22. The fourth-order valence-corrected chi connectivity index (χ4v) is 1.81. The first kappa shape index (κ1) is 11.5. The van der Waals surface area contributed by atoms with Gasteiger partial charge in [-0.25, -0.2) is 0 Å². The number of hydrogen-bond donors (Lipinski definition) is 2. The molecule has 0 radical (unpaired) electrons. The van der Waals surface area contributed by atoms with Crippen molar-refractivity contribution in [3.05, 3.63) is 59.7 Å². The van der Waals surface area contributed by atoms with Crippen LogP contribution in [0.15, 0.2) is 48.5 Å². The number of anilines is 2. The molecule has 0 spiro atoms. The van der Waals surface area contributed by atoms with Gasteiger partial charge in [-0.1, -0.05) is 36.4 Å². The van der Waals surface area contributed by atoms with Gasteiger partial charge in [-0.2, -0.15) is 0 Å². The van der Waals surface area contributed by atoms with Crippen LogP contribution in [0.3, 0.4) is 0 Å². The molecule has 0 aromatic heterocycles. The maximum Gasteiger partial charge on any atom is 0.0485 e. The zero-order valence-corrected chi connectivity index (χ0v) is 10.3. The van der Waals surface area contributed by atoms with E-state index >= 15 is 0 Å². The summed E-state index contributed by atoms with van der Waals surface area (Å²) in [6.07, 6.45) is 0. The number of rotatable bonds is 3. The van der Waals surface area contributed by atoms with E-state index in [1.165, 1.54) is 5.56 Å². The van der Waals surface area contributed by atoms with Gasteiger partial charge in [-0.15, -0.1) is 0 Å². The monoisotopic (exact) mass is 226 g/mol. The Kier molecular flexibility index (Phi) is 3.33. The lowest BCUT2D eigenvalue weighted by molar-refractivity contribution is 0.885. The van der Waals surface area contributed by atoms with E-state index in [-0.39, 0.29) is 6.04 Å². The molecule has 17 heavy (non-hydrogen) atoms. The van der Waals surface area contributed by atoms with E-state index in [1.54, 1.807) is 0 Å². The van der Waals surface area contributed by atoms with E-state index in [0.29, 0.717) is 0 Å². The molecule has 2 rings (SSSR count). The van der Waals surface area contributed by atoms with Crippen LogP contribution in [-0.2, 0) is 0 Å². The number of nitrogens with two attached hydrogens (primary N) is 1. The van der Waals surface area contributed by atoms with Crippen LogP contribution in [0.2, 0.25) is 0 Å². The molecule has 0 aliphatic rings. The molecule has 2 aromatic carbocycles. The van der Waals surface area contributed by atoms with Gasteiger partial charge in [-0.05, 0) is 37.1 Å². The summed E-state index contributed by atoms with van der Waals surface area (Å²) in [6, 6.07) is 16.7. The van der Waals surface area contributed by atoms with E-state index in [9.17, 15) is 0 Å². The van der Waals surface area contributed by atoms with E-state index in [4.69, 9.17) is 5.73 Å². The van der Waals surface area contributed by atoms with Gasteiger partial charge in [0.15, 0.2) is 0 Å². The summed E-state index contributed by atoms with van der Waals surface area (Å²) in [5.41, 5.74) is 10.2. The molecule has 0 saturated heterocycles. The van der Waals surface area contributed by atoms with Crippen molar-refractivity contribution in [3.63, 3.8) is 0 Å². The largest absolute Gasteiger partial charge is 0.398 e. The van der Waals surface area contributed by atoms with Crippen LogP contribution in [-0.4, -0.2) is 0 Å². The number of nitrogen functional groups attached to an aromatic ring is 1. The van der Waals surface area contributed by atoms with Crippen molar-refractivity contribution in [2.75, 3.05) is 11.1 Å². The standard InChI is InChI=1S/C15H18N2/c1-11-8-9-14(10-15(11)16)17-12(2)13-6-4-3-5-7-13/h3-10,12,17H,16H2,1-2H3. The lowest BCUT2D eigenvalue weighted by Crippen LogP contribution is -2.06. The Labute approximate surface area is 102 Å². The van der Waals surface area contributed by atoms with Gasteiger partial charge in [0.1, 0.15) is 0 Å². The fraction of sp³-hybridized carbons (Fsp3) is 0.200. The Morgan fingerprint density at radius 2 is 1.76 bits per heavy atom. The zero-order chi connectivity index (χ0) is 12.3. The average molecular weight is 226 g/mol. The SMILES string of the molecule is Cc1ccc(NC(C)c2ccccc2)cc1N. The highest BCUT2D eigenvalue weighted by atomic mass is 14.9. The maximum absolute atomic E-state index is 5.90. The second-order valence-corrected chi connectivity index (χ2v) is 4.35. The Bertz CT molecular complexity index is 492.